The first kappa shape index (κ1) is 18.7. The Bertz CT molecular complexity index is 911. The molecule has 2 aromatic carbocycles. The van der Waals surface area contributed by atoms with Crippen LogP contribution in [0.1, 0.15) is 42.9 Å². The number of hydrogen-bond donors (Lipinski definition) is 1. The van der Waals surface area contributed by atoms with Gasteiger partial charge in [0.25, 0.3) is 0 Å². The number of allylic oxidation sites excluding steroid dienone is 6. The fourth-order valence-corrected chi connectivity index (χ4v) is 3.41. The third kappa shape index (κ3) is 4.73. The molecule has 0 aromatic heterocycles. The van der Waals surface area contributed by atoms with E-state index in [-0.39, 0.29) is 0 Å². The van der Waals surface area contributed by atoms with Crippen LogP contribution in [0.4, 0.5) is 0 Å². The zero-order chi connectivity index (χ0) is 19.1. The lowest BCUT2D eigenvalue weighted by Gasteiger charge is -2.19. The Morgan fingerprint density at radius 1 is 1.00 bits per heavy atom. The van der Waals surface area contributed by atoms with E-state index in [0.717, 1.165) is 30.4 Å². The molecular formula is C25H24O2. The van der Waals surface area contributed by atoms with Gasteiger partial charge in [0.05, 0.1) is 0 Å². The van der Waals surface area contributed by atoms with Gasteiger partial charge in [0.1, 0.15) is 0 Å². The Balaban J connectivity index is 2.10. The number of carboxylic acid groups (broad SMARTS) is 1. The largest absolute Gasteiger partial charge is 0.478 e. The molecule has 1 aliphatic rings. The number of carbonyl (C=O) groups is 1. The van der Waals surface area contributed by atoms with Crippen LogP contribution in [-0.4, -0.2) is 11.1 Å². The number of rotatable bonds is 6. The molecule has 1 N–H and O–H groups in total. The number of carboxylic acids is 1. The fourth-order valence-electron chi connectivity index (χ4n) is 3.41. The molecule has 3 rings (SSSR count). The van der Waals surface area contributed by atoms with Gasteiger partial charge < -0.3 is 5.11 Å². The predicted molar refractivity (Wildman–Crippen MR) is 113 cm³/mol. The molecule has 1 aliphatic carbocycles. The van der Waals surface area contributed by atoms with E-state index >= 15 is 0 Å². The van der Waals surface area contributed by atoms with Crippen LogP contribution in [0.25, 0.3) is 17.2 Å². The summed E-state index contributed by atoms with van der Waals surface area (Å²) in [6, 6.07) is 18.6. The van der Waals surface area contributed by atoms with Gasteiger partial charge in [0.15, 0.2) is 0 Å². The maximum absolute atomic E-state index is 10.7. The van der Waals surface area contributed by atoms with E-state index in [9.17, 15) is 4.79 Å². The Morgan fingerprint density at radius 2 is 1.74 bits per heavy atom. The van der Waals surface area contributed by atoms with Gasteiger partial charge in [-0.05, 0) is 58.7 Å². The van der Waals surface area contributed by atoms with Crippen LogP contribution in [-0.2, 0) is 4.79 Å². The van der Waals surface area contributed by atoms with Gasteiger partial charge in [0.2, 0.25) is 0 Å². The Kier molecular flexibility index (Phi) is 6.22. The first-order chi connectivity index (χ1) is 13.2. The van der Waals surface area contributed by atoms with E-state index in [1.807, 2.05) is 18.2 Å². The highest BCUT2D eigenvalue weighted by atomic mass is 16.4. The van der Waals surface area contributed by atoms with Crippen LogP contribution < -0.4 is 0 Å². The highest BCUT2D eigenvalue weighted by Crippen LogP contribution is 2.36. The molecule has 0 amide bonds. The van der Waals surface area contributed by atoms with Gasteiger partial charge in [-0.25, -0.2) is 4.79 Å². The summed E-state index contributed by atoms with van der Waals surface area (Å²) in [5, 5.41) is 8.81. The van der Waals surface area contributed by atoms with Crippen molar-refractivity contribution < 1.29 is 9.90 Å². The summed E-state index contributed by atoms with van der Waals surface area (Å²) in [6.45, 7) is 2.19. The Morgan fingerprint density at radius 3 is 2.33 bits per heavy atom. The van der Waals surface area contributed by atoms with Crippen LogP contribution in [0.15, 0.2) is 84.5 Å². The average molecular weight is 356 g/mol. The summed E-state index contributed by atoms with van der Waals surface area (Å²) >= 11 is 0. The van der Waals surface area contributed by atoms with Gasteiger partial charge >= 0.3 is 5.97 Å². The third-order valence-electron chi connectivity index (χ3n) is 4.68. The lowest BCUT2D eigenvalue weighted by atomic mass is 9.86. The molecule has 2 heteroatoms. The molecule has 0 spiro atoms. The summed E-state index contributed by atoms with van der Waals surface area (Å²) in [6.07, 6.45) is 12.6. The van der Waals surface area contributed by atoms with Crippen LogP contribution in [0, 0.1) is 0 Å². The quantitative estimate of drug-likeness (QED) is 0.481. The van der Waals surface area contributed by atoms with Crippen molar-refractivity contribution in [2.75, 3.05) is 0 Å². The minimum atomic E-state index is -0.936. The van der Waals surface area contributed by atoms with Crippen molar-refractivity contribution in [2.24, 2.45) is 0 Å². The van der Waals surface area contributed by atoms with Crippen LogP contribution >= 0.6 is 0 Å². The smallest absolute Gasteiger partial charge is 0.328 e. The second-order valence-corrected chi connectivity index (χ2v) is 6.51. The van der Waals surface area contributed by atoms with Crippen molar-refractivity contribution in [1.82, 2.24) is 0 Å². The lowest BCUT2D eigenvalue weighted by molar-refractivity contribution is -0.131. The molecule has 136 valence electrons. The molecule has 0 bridgehead atoms. The summed E-state index contributed by atoms with van der Waals surface area (Å²) in [4.78, 5) is 10.7. The van der Waals surface area contributed by atoms with Crippen LogP contribution in [0.2, 0.25) is 0 Å². The molecular weight excluding hydrogens is 332 g/mol. The molecule has 0 atom stereocenters. The maximum atomic E-state index is 10.7. The number of hydrogen-bond acceptors (Lipinski definition) is 1. The van der Waals surface area contributed by atoms with Crippen molar-refractivity contribution in [3.63, 3.8) is 0 Å². The van der Waals surface area contributed by atoms with Crippen molar-refractivity contribution in [3.8, 4) is 0 Å². The third-order valence-corrected chi connectivity index (χ3v) is 4.68. The highest BCUT2D eigenvalue weighted by molar-refractivity contribution is 5.99. The Hall–Kier alpha value is -3.13. The molecule has 27 heavy (non-hydrogen) atoms. The second kappa shape index (κ2) is 9.00. The molecule has 0 heterocycles. The van der Waals surface area contributed by atoms with Crippen molar-refractivity contribution in [3.05, 3.63) is 101 Å². The van der Waals surface area contributed by atoms with Crippen molar-refractivity contribution in [2.45, 2.75) is 26.2 Å². The maximum Gasteiger partial charge on any atom is 0.328 e. The molecule has 0 aliphatic heterocycles. The fraction of sp³-hybridized carbons (Fsp3) is 0.160. The standard InChI is InChI=1S/C25H24O2/c1-2-23(20-9-5-3-6-10-20)25(21-11-7-4-8-12-21)22-16-13-19(14-17-22)15-18-24(26)27/h3,5-7,9-18H,2,4,8H2,1H3,(H,26,27)/b18-15+,25-23-. The molecule has 0 unspecified atom stereocenters. The molecule has 2 nitrogen and oxygen atoms in total. The first-order valence-electron chi connectivity index (χ1n) is 9.36. The SMILES string of the molecule is CC/C(=C(\C1=CCCC=C1)c1ccc(/C=C/C(=O)O)cc1)c1ccccc1. The van der Waals surface area contributed by atoms with Gasteiger partial charge in [-0.2, -0.15) is 0 Å². The summed E-state index contributed by atoms with van der Waals surface area (Å²) in [7, 11) is 0. The predicted octanol–water partition coefficient (Wildman–Crippen LogP) is 6.38. The summed E-state index contributed by atoms with van der Waals surface area (Å²) in [5.41, 5.74) is 7.11. The highest BCUT2D eigenvalue weighted by Gasteiger charge is 2.14. The Labute approximate surface area is 160 Å². The number of benzene rings is 2. The monoisotopic (exact) mass is 356 g/mol. The topological polar surface area (TPSA) is 37.3 Å². The van der Waals surface area contributed by atoms with E-state index in [1.54, 1.807) is 6.08 Å². The molecule has 0 saturated carbocycles. The molecule has 0 saturated heterocycles. The minimum absolute atomic E-state index is 0.881. The van der Waals surface area contributed by atoms with E-state index in [2.05, 4.69) is 61.5 Å². The van der Waals surface area contributed by atoms with E-state index in [0.29, 0.717) is 0 Å². The van der Waals surface area contributed by atoms with Gasteiger partial charge in [-0.15, -0.1) is 0 Å². The van der Waals surface area contributed by atoms with E-state index in [1.165, 1.54) is 28.4 Å². The minimum Gasteiger partial charge on any atom is -0.478 e. The van der Waals surface area contributed by atoms with Crippen LogP contribution in [0.5, 0.6) is 0 Å². The summed E-state index contributed by atoms with van der Waals surface area (Å²) < 4.78 is 0. The van der Waals surface area contributed by atoms with E-state index < -0.39 is 5.97 Å². The average Bonchev–Trinajstić information content (AvgIpc) is 2.72. The lowest BCUT2D eigenvalue weighted by Crippen LogP contribution is -1.97. The number of aliphatic carboxylic acids is 1. The first-order valence-corrected chi connectivity index (χ1v) is 9.36. The van der Waals surface area contributed by atoms with Gasteiger partial charge in [-0.3, -0.25) is 0 Å². The van der Waals surface area contributed by atoms with Gasteiger partial charge in [-0.1, -0.05) is 79.7 Å². The second-order valence-electron chi connectivity index (χ2n) is 6.51. The van der Waals surface area contributed by atoms with Crippen LogP contribution in [0.3, 0.4) is 0 Å². The molecule has 0 radical (unpaired) electrons. The van der Waals surface area contributed by atoms with E-state index in [4.69, 9.17) is 5.11 Å². The van der Waals surface area contributed by atoms with Crippen molar-refractivity contribution in [1.29, 1.82) is 0 Å². The summed E-state index contributed by atoms with van der Waals surface area (Å²) in [5.74, 6) is -0.936. The van der Waals surface area contributed by atoms with Gasteiger partial charge in [0, 0.05) is 6.08 Å². The zero-order valence-electron chi connectivity index (χ0n) is 15.6. The molecule has 2 aromatic rings. The molecule has 0 fully saturated rings. The normalized spacial score (nSPS) is 14.8. The van der Waals surface area contributed by atoms with Crippen molar-refractivity contribution >= 4 is 23.2 Å². The zero-order valence-corrected chi connectivity index (χ0v) is 15.6.